The maximum absolute atomic E-state index is 6.05. The van der Waals surface area contributed by atoms with E-state index in [1.807, 2.05) is 12.1 Å². The molecule has 20 heavy (non-hydrogen) atoms. The molecule has 0 amide bonds. The van der Waals surface area contributed by atoms with Crippen LogP contribution in [0.1, 0.15) is 38.6 Å². The molecule has 110 valence electrons. The number of hydrogen-bond acceptors (Lipinski definition) is 3. The lowest BCUT2D eigenvalue weighted by Crippen LogP contribution is -2.08. The lowest BCUT2D eigenvalue weighted by Gasteiger charge is -2.16. The van der Waals surface area contributed by atoms with Crippen molar-refractivity contribution in [1.29, 1.82) is 0 Å². The largest absolute Gasteiger partial charge is 0.493 e. The lowest BCUT2D eigenvalue weighted by molar-refractivity contribution is 0.355. The fourth-order valence-corrected chi connectivity index (χ4v) is 2.79. The Morgan fingerprint density at radius 3 is 2.45 bits per heavy atom. The summed E-state index contributed by atoms with van der Waals surface area (Å²) in [6.45, 7) is 4.37. The maximum atomic E-state index is 6.05. The minimum Gasteiger partial charge on any atom is -0.493 e. The molecule has 1 heterocycles. The highest BCUT2D eigenvalue weighted by Gasteiger charge is 2.17. The molecule has 0 N–H and O–H groups in total. The average Bonchev–Trinajstić information content (AvgIpc) is 2.83. The standard InChI is InChI=1S/C15H21ClN2O2/c1-5-6-10(2)18-12-8-14(20-4)13(19-3)7-11(12)17-15(18)9-16/h7-8,10H,5-6,9H2,1-4H3. The van der Waals surface area contributed by atoms with Crippen molar-refractivity contribution in [2.24, 2.45) is 0 Å². The maximum Gasteiger partial charge on any atom is 0.163 e. The summed E-state index contributed by atoms with van der Waals surface area (Å²) in [5.41, 5.74) is 1.93. The first-order chi connectivity index (χ1) is 9.65. The van der Waals surface area contributed by atoms with Gasteiger partial charge < -0.3 is 14.0 Å². The fourth-order valence-electron chi connectivity index (χ4n) is 2.60. The summed E-state index contributed by atoms with van der Waals surface area (Å²) in [7, 11) is 3.27. The third-order valence-electron chi connectivity index (χ3n) is 3.53. The van der Waals surface area contributed by atoms with Crippen LogP contribution >= 0.6 is 11.6 Å². The monoisotopic (exact) mass is 296 g/mol. The summed E-state index contributed by atoms with van der Waals surface area (Å²) >= 11 is 6.05. The highest BCUT2D eigenvalue weighted by Crippen LogP contribution is 2.34. The quantitative estimate of drug-likeness (QED) is 0.751. The molecular formula is C15H21ClN2O2. The molecule has 1 aromatic heterocycles. The number of methoxy groups -OCH3 is 2. The Kier molecular flexibility index (Phi) is 4.76. The molecule has 0 aliphatic carbocycles. The molecule has 0 saturated carbocycles. The smallest absolute Gasteiger partial charge is 0.163 e. The second-order valence-electron chi connectivity index (χ2n) is 4.87. The minimum atomic E-state index is 0.358. The molecule has 5 heteroatoms. The van der Waals surface area contributed by atoms with E-state index in [2.05, 4.69) is 23.4 Å². The van der Waals surface area contributed by atoms with Gasteiger partial charge in [-0.25, -0.2) is 4.98 Å². The van der Waals surface area contributed by atoms with Crippen LogP contribution in [-0.2, 0) is 5.88 Å². The third-order valence-corrected chi connectivity index (χ3v) is 3.77. The summed E-state index contributed by atoms with van der Waals surface area (Å²) < 4.78 is 12.9. The topological polar surface area (TPSA) is 36.3 Å². The second kappa shape index (κ2) is 6.35. The molecule has 0 spiro atoms. The van der Waals surface area contributed by atoms with Crippen molar-refractivity contribution in [3.63, 3.8) is 0 Å². The van der Waals surface area contributed by atoms with Crippen molar-refractivity contribution in [2.75, 3.05) is 14.2 Å². The van der Waals surface area contributed by atoms with Gasteiger partial charge in [-0.15, -0.1) is 11.6 Å². The van der Waals surface area contributed by atoms with E-state index in [0.717, 1.165) is 29.7 Å². The second-order valence-corrected chi connectivity index (χ2v) is 5.13. The summed E-state index contributed by atoms with van der Waals surface area (Å²) in [6, 6.07) is 4.24. The van der Waals surface area contributed by atoms with E-state index in [9.17, 15) is 0 Å². The number of fused-ring (bicyclic) bond motifs is 1. The van der Waals surface area contributed by atoms with E-state index in [1.54, 1.807) is 14.2 Å². The first-order valence-corrected chi connectivity index (χ1v) is 7.38. The van der Waals surface area contributed by atoms with Crippen molar-refractivity contribution in [2.45, 2.75) is 38.6 Å². The van der Waals surface area contributed by atoms with Gasteiger partial charge in [0, 0.05) is 18.2 Å². The van der Waals surface area contributed by atoms with E-state index in [-0.39, 0.29) is 0 Å². The molecule has 1 unspecified atom stereocenters. The van der Waals surface area contributed by atoms with Crippen LogP contribution in [0.2, 0.25) is 0 Å². The first-order valence-electron chi connectivity index (χ1n) is 6.85. The minimum absolute atomic E-state index is 0.358. The molecule has 0 aliphatic rings. The van der Waals surface area contributed by atoms with Crippen LogP contribution in [0.25, 0.3) is 11.0 Å². The first kappa shape index (κ1) is 15.0. The zero-order chi connectivity index (χ0) is 14.7. The Hall–Kier alpha value is -1.42. The van der Waals surface area contributed by atoms with E-state index in [0.29, 0.717) is 23.4 Å². The zero-order valence-electron chi connectivity index (χ0n) is 12.4. The Morgan fingerprint density at radius 2 is 1.90 bits per heavy atom. The Bertz CT molecular complexity index is 595. The van der Waals surface area contributed by atoms with Gasteiger partial charge in [-0.2, -0.15) is 0 Å². The predicted molar refractivity (Wildman–Crippen MR) is 82.0 cm³/mol. The van der Waals surface area contributed by atoms with Gasteiger partial charge in [-0.05, 0) is 13.3 Å². The number of alkyl halides is 1. The number of nitrogens with zero attached hydrogens (tertiary/aromatic N) is 2. The van der Waals surface area contributed by atoms with Crippen molar-refractivity contribution in [3.8, 4) is 11.5 Å². The molecule has 0 radical (unpaired) electrons. The van der Waals surface area contributed by atoms with Gasteiger partial charge in [0.15, 0.2) is 11.5 Å². The summed E-state index contributed by atoms with van der Waals surface area (Å²) in [4.78, 5) is 4.61. The molecule has 1 aromatic carbocycles. The van der Waals surface area contributed by atoms with Crippen molar-refractivity contribution in [3.05, 3.63) is 18.0 Å². The number of rotatable bonds is 6. The van der Waals surface area contributed by atoms with Crippen LogP contribution in [0.15, 0.2) is 12.1 Å². The molecule has 0 fully saturated rings. The van der Waals surface area contributed by atoms with E-state index >= 15 is 0 Å². The van der Waals surface area contributed by atoms with Crippen molar-refractivity contribution >= 4 is 22.6 Å². The van der Waals surface area contributed by atoms with Gasteiger partial charge in [0.05, 0.1) is 31.1 Å². The molecule has 2 rings (SSSR count). The molecule has 1 atom stereocenters. The molecule has 2 aromatic rings. The van der Waals surface area contributed by atoms with Gasteiger partial charge >= 0.3 is 0 Å². The molecule has 4 nitrogen and oxygen atoms in total. The van der Waals surface area contributed by atoms with E-state index < -0.39 is 0 Å². The Labute approximate surface area is 124 Å². The molecule has 0 aliphatic heterocycles. The van der Waals surface area contributed by atoms with Gasteiger partial charge in [-0.1, -0.05) is 13.3 Å². The van der Waals surface area contributed by atoms with E-state index in [1.165, 1.54) is 0 Å². The fraction of sp³-hybridized carbons (Fsp3) is 0.533. The average molecular weight is 297 g/mol. The van der Waals surface area contributed by atoms with Crippen LogP contribution in [0.4, 0.5) is 0 Å². The normalized spacial score (nSPS) is 12.7. The number of hydrogen-bond donors (Lipinski definition) is 0. The van der Waals surface area contributed by atoms with Crippen molar-refractivity contribution in [1.82, 2.24) is 9.55 Å². The zero-order valence-corrected chi connectivity index (χ0v) is 13.2. The predicted octanol–water partition coefficient (Wildman–Crippen LogP) is 4.15. The van der Waals surface area contributed by atoms with Gasteiger partial charge in [0.25, 0.3) is 0 Å². The van der Waals surface area contributed by atoms with Crippen LogP contribution in [0.5, 0.6) is 11.5 Å². The van der Waals surface area contributed by atoms with Gasteiger partial charge in [0.2, 0.25) is 0 Å². The summed E-state index contributed by atoms with van der Waals surface area (Å²) in [5.74, 6) is 2.69. The highest BCUT2D eigenvalue weighted by atomic mass is 35.5. The summed E-state index contributed by atoms with van der Waals surface area (Å²) in [6.07, 6.45) is 2.21. The molecule has 0 saturated heterocycles. The molecule has 0 bridgehead atoms. The number of halogens is 1. The van der Waals surface area contributed by atoms with Crippen LogP contribution < -0.4 is 9.47 Å². The third kappa shape index (κ3) is 2.57. The number of ether oxygens (including phenoxy) is 2. The van der Waals surface area contributed by atoms with Crippen LogP contribution in [0.3, 0.4) is 0 Å². The van der Waals surface area contributed by atoms with E-state index in [4.69, 9.17) is 21.1 Å². The van der Waals surface area contributed by atoms with Crippen LogP contribution in [-0.4, -0.2) is 23.8 Å². The number of imidazole rings is 1. The molecular weight excluding hydrogens is 276 g/mol. The van der Waals surface area contributed by atoms with Gasteiger partial charge in [0.1, 0.15) is 5.82 Å². The highest BCUT2D eigenvalue weighted by molar-refractivity contribution is 6.16. The lowest BCUT2D eigenvalue weighted by atomic mass is 10.2. The van der Waals surface area contributed by atoms with Crippen LogP contribution in [0, 0.1) is 0 Å². The van der Waals surface area contributed by atoms with Gasteiger partial charge in [-0.3, -0.25) is 0 Å². The summed E-state index contributed by atoms with van der Waals surface area (Å²) in [5, 5.41) is 0. The number of benzene rings is 1. The number of aromatic nitrogens is 2. The Balaban J connectivity index is 2.65. The Morgan fingerprint density at radius 1 is 1.25 bits per heavy atom. The SMILES string of the molecule is CCCC(C)n1c(CCl)nc2cc(OC)c(OC)cc21. The van der Waals surface area contributed by atoms with Crippen molar-refractivity contribution < 1.29 is 9.47 Å².